The number of rotatable bonds is 5. The van der Waals surface area contributed by atoms with Gasteiger partial charge in [-0.25, -0.2) is 8.42 Å². The molecule has 0 aliphatic carbocycles. The SMILES string of the molecule is CC(C)(C)CS(=O)(=O)N1CCN(CCC(=O)O)CC1. The van der Waals surface area contributed by atoms with Crippen LogP contribution in [-0.4, -0.2) is 67.2 Å². The van der Waals surface area contributed by atoms with Gasteiger partial charge in [-0.1, -0.05) is 20.8 Å². The Morgan fingerprint density at radius 3 is 2.11 bits per heavy atom. The molecule has 1 aliphatic rings. The van der Waals surface area contributed by atoms with E-state index < -0.39 is 16.0 Å². The molecule has 1 aliphatic heterocycles. The summed E-state index contributed by atoms with van der Waals surface area (Å²) in [5, 5.41) is 8.62. The summed E-state index contributed by atoms with van der Waals surface area (Å²) in [5.41, 5.74) is -0.251. The van der Waals surface area contributed by atoms with Gasteiger partial charge in [-0.2, -0.15) is 4.31 Å². The van der Waals surface area contributed by atoms with E-state index in [9.17, 15) is 13.2 Å². The number of sulfonamides is 1. The maximum atomic E-state index is 12.2. The van der Waals surface area contributed by atoms with E-state index in [2.05, 4.69) is 0 Å². The average Bonchev–Trinajstić information content (AvgIpc) is 2.23. The van der Waals surface area contributed by atoms with Gasteiger partial charge < -0.3 is 10.0 Å². The molecule has 1 N–H and O–H groups in total. The monoisotopic (exact) mass is 292 g/mol. The van der Waals surface area contributed by atoms with Crippen molar-refractivity contribution in [2.75, 3.05) is 38.5 Å². The Hall–Kier alpha value is -0.660. The lowest BCUT2D eigenvalue weighted by atomic mass is 10.0. The minimum Gasteiger partial charge on any atom is -0.481 e. The minimum atomic E-state index is -3.21. The Kier molecular flexibility index (Phi) is 5.34. The van der Waals surface area contributed by atoms with Crippen molar-refractivity contribution < 1.29 is 18.3 Å². The van der Waals surface area contributed by atoms with Crippen LogP contribution in [0, 0.1) is 5.41 Å². The zero-order chi connectivity index (χ0) is 14.7. The molecule has 112 valence electrons. The number of carbonyl (C=O) groups is 1. The van der Waals surface area contributed by atoms with Crippen LogP contribution < -0.4 is 0 Å². The van der Waals surface area contributed by atoms with Crippen molar-refractivity contribution in [2.45, 2.75) is 27.2 Å². The zero-order valence-corrected chi connectivity index (χ0v) is 12.7. The molecule has 0 radical (unpaired) electrons. The second-order valence-corrected chi connectivity index (χ2v) is 8.17. The highest BCUT2D eigenvalue weighted by Crippen LogP contribution is 2.19. The Bertz CT molecular complexity index is 406. The van der Waals surface area contributed by atoms with Crippen LogP contribution in [0.25, 0.3) is 0 Å². The third-order valence-electron chi connectivity index (χ3n) is 2.98. The summed E-state index contributed by atoms with van der Waals surface area (Å²) in [5.74, 6) is -0.669. The summed E-state index contributed by atoms with van der Waals surface area (Å²) in [6.07, 6.45) is 0.106. The fourth-order valence-corrected chi connectivity index (χ4v) is 4.12. The third kappa shape index (κ3) is 5.88. The number of carboxylic acids is 1. The Balaban J connectivity index is 2.47. The lowest BCUT2D eigenvalue weighted by Gasteiger charge is -2.35. The van der Waals surface area contributed by atoms with Crippen LogP contribution in [0.1, 0.15) is 27.2 Å². The normalized spacial score (nSPS) is 19.5. The van der Waals surface area contributed by atoms with E-state index in [1.165, 1.54) is 4.31 Å². The van der Waals surface area contributed by atoms with E-state index in [1.54, 1.807) is 0 Å². The molecule has 0 amide bonds. The van der Waals surface area contributed by atoms with Gasteiger partial charge in [0.2, 0.25) is 10.0 Å². The zero-order valence-electron chi connectivity index (χ0n) is 11.9. The van der Waals surface area contributed by atoms with Gasteiger partial charge in [-0.3, -0.25) is 4.79 Å². The topological polar surface area (TPSA) is 77.9 Å². The molecule has 1 heterocycles. The first-order valence-corrected chi connectivity index (χ1v) is 8.13. The van der Waals surface area contributed by atoms with Crippen molar-refractivity contribution in [3.63, 3.8) is 0 Å². The molecule has 19 heavy (non-hydrogen) atoms. The molecule has 0 aromatic heterocycles. The molecular weight excluding hydrogens is 268 g/mol. The summed E-state index contributed by atoms with van der Waals surface area (Å²) in [4.78, 5) is 12.5. The predicted molar refractivity (Wildman–Crippen MR) is 73.5 cm³/mol. The van der Waals surface area contributed by atoms with Crippen LogP contribution in [-0.2, 0) is 14.8 Å². The van der Waals surface area contributed by atoms with Gasteiger partial charge in [-0.05, 0) is 5.41 Å². The van der Waals surface area contributed by atoms with Crippen molar-refractivity contribution in [1.29, 1.82) is 0 Å². The Morgan fingerprint density at radius 2 is 1.68 bits per heavy atom. The van der Waals surface area contributed by atoms with E-state index in [-0.39, 0.29) is 17.6 Å². The van der Waals surface area contributed by atoms with E-state index in [4.69, 9.17) is 5.11 Å². The summed E-state index contributed by atoms with van der Waals surface area (Å²) >= 11 is 0. The third-order valence-corrected chi connectivity index (χ3v) is 5.36. The van der Waals surface area contributed by atoms with Gasteiger partial charge in [0, 0.05) is 32.7 Å². The Labute approximate surface area is 115 Å². The van der Waals surface area contributed by atoms with Crippen molar-refractivity contribution in [3.8, 4) is 0 Å². The summed E-state index contributed by atoms with van der Waals surface area (Å²) < 4.78 is 25.9. The van der Waals surface area contributed by atoms with E-state index in [0.717, 1.165) is 0 Å². The molecule has 1 rings (SSSR count). The van der Waals surface area contributed by atoms with Crippen LogP contribution in [0.4, 0.5) is 0 Å². The van der Waals surface area contributed by atoms with Crippen LogP contribution in [0.5, 0.6) is 0 Å². The smallest absolute Gasteiger partial charge is 0.304 e. The molecule has 6 nitrogen and oxygen atoms in total. The molecular formula is C12H24N2O4S. The number of aliphatic carboxylic acids is 1. The summed E-state index contributed by atoms with van der Waals surface area (Å²) in [6, 6.07) is 0. The van der Waals surface area contributed by atoms with Gasteiger partial charge in [-0.15, -0.1) is 0 Å². The van der Waals surface area contributed by atoms with Crippen molar-refractivity contribution in [2.24, 2.45) is 5.41 Å². The van der Waals surface area contributed by atoms with Crippen LogP contribution in [0.2, 0.25) is 0 Å². The highest BCUT2D eigenvalue weighted by atomic mass is 32.2. The summed E-state index contributed by atoms with van der Waals surface area (Å²) in [6.45, 7) is 8.35. The van der Waals surface area contributed by atoms with Gasteiger partial charge in [0.05, 0.1) is 12.2 Å². The predicted octanol–water partition coefficient (Wildman–Crippen LogP) is 0.455. The number of piperazine rings is 1. The molecule has 1 saturated heterocycles. The molecule has 0 atom stereocenters. The van der Waals surface area contributed by atoms with Crippen LogP contribution in [0.3, 0.4) is 0 Å². The molecule has 0 aromatic carbocycles. The second kappa shape index (κ2) is 6.19. The standard InChI is InChI=1S/C12H24N2O4S/c1-12(2,3)10-19(17,18)14-8-6-13(7-9-14)5-4-11(15)16/h4-10H2,1-3H3,(H,15,16). The van der Waals surface area contributed by atoms with Crippen LogP contribution in [0.15, 0.2) is 0 Å². The lowest BCUT2D eigenvalue weighted by molar-refractivity contribution is -0.137. The van der Waals surface area contributed by atoms with Gasteiger partial charge in [0.25, 0.3) is 0 Å². The molecule has 0 unspecified atom stereocenters. The number of carboxylic acid groups (broad SMARTS) is 1. The first kappa shape index (κ1) is 16.4. The van der Waals surface area contributed by atoms with Crippen LogP contribution >= 0.6 is 0 Å². The average molecular weight is 292 g/mol. The first-order chi connectivity index (χ1) is 8.60. The highest BCUT2D eigenvalue weighted by molar-refractivity contribution is 7.89. The fourth-order valence-electron chi connectivity index (χ4n) is 2.12. The van der Waals surface area contributed by atoms with Gasteiger partial charge >= 0.3 is 5.97 Å². The molecule has 0 bridgehead atoms. The van der Waals surface area contributed by atoms with Crippen molar-refractivity contribution in [3.05, 3.63) is 0 Å². The fraction of sp³-hybridized carbons (Fsp3) is 0.917. The largest absolute Gasteiger partial charge is 0.481 e. The number of hydrogen-bond donors (Lipinski definition) is 1. The van der Waals surface area contributed by atoms with E-state index in [0.29, 0.717) is 32.7 Å². The highest BCUT2D eigenvalue weighted by Gasteiger charge is 2.30. The lowest BCUT2D eigenvalue weighted by Crippen LogP contribution is -2.50. The molecule has 0 spiro atoms. The van der Waals surface area contributed by atoms with Crippen molar-refractivity contribution in [1.82, 2.24) is 9.21 Å². The van der Waals surface area contributed by atoms with E-state index in [1.807, 2.05) is 25.7 Å². The first-order valence-electron chi connectivity index (χ1n) is 6.52. The minimum absolute atomic E-state index is 0.106. The second-order valence-electron chi connectivity index (χ2n) is 6.20. The van der Waals surface area contributed by atoms with E-state index >= 15 is 0 Å². The Morgan fingerprint density at radius 1 is 1.16 bits per heavy atom. The van der Waals surface area contributed by atoms with Crippen molar-refractivity contribution >= 4 is 16.0 Å². The molecule has 7 heteroatoms. The molecule has 0 saturated carbocycles. The maximum absolute atomic E-state index is 12.2. The molecule has 0 aromatic rings. The van der Waals surface area contributed by atoms with Gasteiger partial charge in [0.1, 0.15) is 0 Å². The van der Waals surface area contributed by atoms with Gasteiger partial charge in [0.15, 0.2) is 0 Å². The number of nitrogens with zero attached hydrogens (tertiary/aromatic N) is 2. The maximum Gasteiger partial charge on any atom is 0.304 e. The quantitative estimate of drug-likeness (QED) is 0.796. The molecule has 1 fully saturated rings. The summed E-state index contributed by atoms with van der Waals surface area (Å²) in [7, 11) is -3.21. The number of hydrogen-bond acceptors (Lipinski definition) is 4.